The number of carbonyl (C=O) groups is 1. The topological polar surface area (TPSA) is 62.5 Å². The maximum absolute atomic E-state index is 11.0. The monoisotopic (exact) mass is 251 g/mol. The third-order valence-electron chi connectivity index (χ3n) is 2.26. The van der Waals surface area contributed by atoms with Crippen LogP contribution in [0.2, 0.25) is 5.02 Å². The Morgan fingerprint density at radius 2 is 2.18 bits per heavy atom. The zero-order chi connectivity index (χ0) is 12.3. The molecule has 0 atom stereocenters. The molecular formula is C12H10ClNO3. The van der Waals surface area contributed by atoms with Gasteiger partial charge in [0, 0.05) is 0 Å². The number of hydrogen-bond acceptors (Lipinski definition) is 3. The van der Waals surface area contributed by atoms with Gasteiger partial charge in [0.15, 0.2) is 0 Å². The zero-order valence-corrected chi connectivity index (χ0v) is 9.57. The molecule has 0 fully saturated rings. The van der Waals surface area contributed by atoms with E-state index in [0.29, 0.717) is 23.0 Å². The fourth-order valence-corrected chi connectivity index (χ4v) is 1.71. The molecule has 0 amide bonds. The van der Waals surface area contributed by atoms with Crippen LogP contribution in [-0.2, 0) is 6.54 Å². The molecule has 0 spiro atoms. The van der Waals surface area contributed by atoms with E-state index in [1.807, 2.05) is 0 Å². The third-order valence-corrected chi connectivity index (χ3v) is 2.58. The van der Waals surface area contributed by atoms with Crippen molar-refractivity contribution >= 4 is 23.3 Å². The average Bonchev–Trinajstić information content (AvgIpc) is 2.80. The first kappa shape index (κ1) is 11.5. The van der Waals surface area contributed by atoms with Gasteiger partial charge in [0.25, 0.3) is 0 Å². The first-order chi connectivity index (χ1) is 8.18. The van der Waals surface area contributed by atoms with Gasteiger partial charge in [0.2, 0.25) is 0 Å². The van der Waals surface area contributed by atoms with Crippen LogP contribution in [0.15, 0.2) is 41.0 Å². The minimum atomic E-state index is -1.02. The number of rotatable bonds is 4. The van der Waals surface area contributed by atoms with Gasteiger partial charge in [-0.2, -0.15) is 0 Å². The van der Waals surface area contributed by atoms with E-state index in [4.69, 9.17) is 21.1 Å². The molecule has 1 heterocycles. The molecule has 1 aromatic carbocycles. The Morgan fingerprint density at radius 1 is 1.35 bits per heavy atom. The van der Waals surface area contributed by atoms with Crippen LogP contribution >= 0.6 is 11.6 Å². The van der Waals surface area contributed by atoms with E-state index >= 15 is 0 Å². The largest absolute Gasteiger partial charge is 0.478 e. The van der Waals surface area contributed by atoms with Crippen molar-refractivity contribution in [3.63, 3.8) is 0 Å². The molecule has 0 aliphatic heterocycles. The summed E-state index contributed by atoms with van der Waals surface area (Å²) in [5.41, 5.74) is 0.544. The van der Waals surface area contributed by atoms with E-state index in [9.17, 15) is 4.79 Å². The lowest BCUT2D eigenvalue weighted by molar-refractivity contribution is 0.0698. The molecule has 0 radical (unpaired) electrons. The van der Waals surface area contributed by atoms with Crippen LogP contribution in [0.4, 0.5) is 5.69 Å². The molecule has 0 saturated carbocycles. The van der Waals surface area contributed by atoms with Gasteiger partial charge in [-0.15, -0.1) is 0 Å². The molecule has 2 rings (SSSR count). The highest BCUT2D eigenvalue weighted by Crippen LogP contribution is 2.26. The predicted molar refractivity (Wildman–Crippen MR) is 64.4 cm³/mol. The molecule has 0 saturated heterocycles. The van der Waals surface area contributed by atoms with Crippen molar-refractivity contribution in [1.29, 1.82) is 0 Å². The number of nitrogens with one attached hydrogen (secondary N) is 1. The maximum Gasteiger partial charge on any atom is 0.337 e. The van der Waals surface area contributed by atoms with Crippen LogP contribution in [0.1, 0.15) is 16.1 Å². The molecule has 0 bridgehead atoms. The first-order valence-electron chi connectivity index (χ1n) is 4.96. The summed E-state index contributed by atoms with van der Waals surface area (Å²) in [4.78, 5) is 11.0. The fraction of sp³-hybridized carbons (Fsp3) is 0.0833. The van der Waals surface area contributed by atoms with Crippen molar-refractivity contribution in [2.45, 2.75) is 6.54 Å². The molecule has 2 N–H and O–H groups in total. The number of carboxylic acids is 1. The second kappa shape index (κ2) is 4.93. The molecular weight excluding hydrogens is 242 g/mol. The second-order valence-corrected chi connectivity index (χ2v) is 3.81. The summed E-state index contributed by atoms with van der Waals surface area (Å²) in [6, 6.07) is 8.30. The van der Waals surface area contributed by atoms with Crippen LogP contribution in [0.5, 0.6) is 0 Å². The van der Waals surface area contributed by atoms with Gasteiger partial charge in [-0.1, -0.05) is 17.7 Å². The molecule has 5 heteroatoms. The zero-order valence-electron chi connectivity index (χ0n) is 8.81. The Bertz CT molecular complexity index is 523. The lowest BCUT2D eigenvalue weighted by Gasteiger charge is -2.09. The summed E-state index contributed by atoms with van der Waals surface area (Å²) in [5, 5.41) is 12.4. The smallest absolute Gasteiger partial charge is 0.337 e. The minimum Gasteiger partial charge on any atom is -0.478 e. The Labute approximate surface area is 103 Å². The van der Waals surface area contributed by atoms with E-state index in [1.54, 1.807) is 30.5 Å². The second-order valence-electron chi connectivity index (χ2n) is 3.40. The molecule has 1 aromatic heterocycles. The summed E-state index contributed by atoms with van der Waals surface area (Å²) in [6.07, 6.45) is 1.56. The maximum atomic E-state index is 11.0. The summed E-state index contributed by atoms with van der Waals surface area (Å²) in [7, 11) is 0. The standard InChI is InChI=1S/C12H10ClNO3/c13-10-5-1-4-9(12(15)16)11(10)14-7-8-3-2-6-17-8/h1-6,14H,7H2,(H,15,16). The number of anilines is 1. The van der Waals surface area contributed by atoms with Crippen LogP contribution < -0.4 is 5.32 Å². The Morgan fingerprint density at radius 3 is 2.82 bits per heavy atom. The van der Waals surface area contributed by atoms with E-state index < -0.39 is 5.97 Å². The SMILES string of the molecule is O=C(O)c1cccc(Cl)c1NCc1ccco1. The van der Waals surface area contributed by atoms with Crippen molar-refractivity contribution in [2.75, 3.05) is 5.32 Å². The summed E-state index contributed by atoms with van der Waals surface area (Å²) < 4.78 is 5.14. The summed E-state index contributed by atoms with van der Waals surface area (Å²) in [6.45, 7) is 0.386. The molecule has 0 unspecified atom stereocenters. The number of furan rings is 1. The number of aromatic carboxylic acids is 1. The van der Waals surface area contributed by atoms with Gasteiger partial charge in [-0.3, -0.25) is 0 Å². The van der Waals surface area contributed by atoms with Crippen molar-refractivity contribution in [3.05, 3.63) is 52.9 Å². The highest BCUT2D eigenvalue weighted by Gasteiger charge is 2.12. The number of hydrogen-bond donors (Lipinski definition) is 2. The van der Waals surface area contributed by atoms with E-state index in [2.05, 4.69) is 5.32 Å². The Balaban J connectivity index is 2.22. The van der Waals surface area contributed by atoms with Crippen LogP contribution in [0.3, 0.4) is 0 Å². The molecule has 0 aliphatic carbocycles. The van der Waals surface area contributed by atoms with E-state index in [-0.39, 0.29) is 5.56 Å². The summed E-state index contributed by atoms with van der Waals surface area (Å²) in [5.74, 6) is -0.310. The fourth-order valence-electron chi connectivity index (χ4n) is 1.47. The minimum absolute atomic E-state index is 0.143. The lowest BCUT2D eigenvalue weighted by Crippen LogP contribution is -2.06. The number of carboxylic acid groups (broad SMARTS) is 1. The van der Waals surface area contributed by atoms with Crippen LogP contribution in [0.25, 0.3) is 0 Å². The van der Waals surface area contributed by atoms with Gasteiger partial charge in [-0.25, -0.2) is 4.79 Å². The van der Waals surface area contributed by atoms with Crippen LogP contribution in [0, 0.1) is 0 Å². The van der Waals surface area contributed by atoms with Gasteiger partial charge in [-0.05, 0) is 24.3 Å². The predicted octanol–water partition coefficient (Wildman–Crippen LogP) is 3.24. The molecule has 0 aliphatic rings. The van der Waals surface area contributed by atoms with E-state index in [0.717, 1.165) is 0 Å². The third kappa shape index (κ3) is 2.60. The van der Waals surface area contributed by atoms with E-state index in [1.165, 1.54) is 6.07 Å². The normalized spacial score (nSPS) is 10.2. The number of benzene rings is 1. The van der Waals surface area contributed by atoms with Crippen LogP contribution in [-0.4, -0.2) is 11.1 Å². The number of para-hydroxylation sites is 1. The van der Waals surface area contributed by atoms with Gasteiger partial charge < -0.3 is 14.8 Å². The molecule has 2 aromatic rings. The molecule has 17 heavy (non-hydrogen) atoms. The lowest BCUT2D eigenvalue weighted by atomic mass is 10.2. The van der Waals surface area contributed by atoms with Crippen molar-refractivity contribution in [2.24, 2.45) is 0 Å². The van der Waals surface area contributed by atoms with Gasteiger partial charge >= 0.3 is 5.97 Å². The van der Waals surface area contributed by atoms with Crippen molar-refractivity contribution in [3.8, 4) is 0 Å². The Kier molecular flexibility index (Phi) is 3.35. The highest BCUT2D eigenvalue weighted by atomic mass is 35.5. The molecule has 88 valence electrons. The summed E-state index contributed by atoms with van der Waals surface area (Å²) >= 11 is 5.96. The first-order valence-corrected chi connectivity index (χ1v) is 5.34. The average molecular weight is 252 g/mol. The van der Waals surface area contributed by atoms with Gasteiger partial charge in [0.05, 0.1) is 29.1 Å². The van der Waals surface area contributed by atoms with Crippen molar-refractivity contribution < 1.29 is 14.3 Å². The van der Waals surface area contributed by atoms with Crippen molar-refractivity contribution in [1.82, 2.24) is 0 Å². The molecule has 4 nitrogen and oxygen atoms in total. The quantitative estimate of drug-likeness (QED) is 0.876. The highest BCUT2D eigenvalue weighted by molar-refractivity contribution is 6.34. The number of halogens is 1. The van der Waals surface area contributed by atoms with Gasteiger partial charge in [0.1, 0.15) is 5.76 Å². The Hall–Kier alpha value is -1.94.